The van der Waals surface area contributed by atoms with Gasteiger partial charge in [0.05, 0.1) is 19.8 Å². The van der Waals surface area contributed by atoms with Gasteiger partial charge in [-0.1, -0.05) is 6.07 Å². The zero-order valence-corrected chi connectivity index (χ0v) is 10.7. The summed E-state index contributed by atoms with van der Waals surface area (Å²) in [4.78, 5) is 0. The number of hydrogen-bond acceptors (Lipinski definition) is 3. The van der Waals surface area contributed by atoms with Crippen molar-refractivity contribution in [1.82, 2.24) is 0 Å². The Morgan fingerprint density at radius 3 is 2.18 bits per heavy atom. The Kier molecular flexibility index (Phi) is 6.52. The van der Waals surface area contributed by atoms with Crippen LogP contribution in [0.25, 0.3) is 0 Å². The van der Waals surface area contributed by atoms with Crippen molar-refractivity contribution in [3.8, 4) is 0 Å². The minimum atomic E-state index is -1.42. The summed E-state index contributed by atoms with van der Waals surface area (Å²) in [7, 11) is -1.42. The largest absolute Gasteiger partial charge is 0.332 e. The molecule has 0 amide bonds. The minimum absolute atomic E-state index is 0.128. The predicted octanol–water partition coefficient (Wildman–Crippen LogP) is 3.78. The zero-order valence-electron chi connectivity index (χ0n) is 9.78. The fourth-order valence-corrected chi connectivity index (χ4v) is 1.98. The Labute approximate surface area is 101 Å². The van der Waals surface area contributed by atoms with Crippen molar-refractivity contribution in [2.24, 2.45) is 0 Å². The van der Waals surface area contributed by atoms with Gasteiger partial charge in [0.15, 0.2) is 11.6 Å². The smallest absolute Gasteiger partial charge is 0.313 e. The standard InChI is InChI=1S/C11H15F2O3P/c1-3-14-17(15-4-2)16-8-9-5-6-10(12)11(13)7-9/h5-7H,3-4,8H2,1-2H3. The van der Waals surface area contributed by atoms with E-state index >= 15 is 0 Å². The van der Waals surface area contributed by atoms with Crippen molar-refractivity contribution in [2.75, 3.05) is 13.2 Å². The summed E-state index contributed by atoms with van der Waals surface area (Å²) in [6, 6.07) is 3.63. The van der Waals surface area contributed by atoms with Gasteiger partial charge in [-0.15, -0.1) is 0 Å². The Morgan fingerprint density at radius 1 is 1.00 bits per heavy atom. The first kappa shape index (κ1) is 14.5. The lowest BCUT2D eigenvalue weighted by molar-refractivity contribution is 0.164. The molecule has 0 bridgehead atoms. The topological polar surface area (TPSA) is 27.7 Å². The van der Waals surface area contributed by atoms with E-state index in [0.29, 0.717) is 18.8 Å². The maximum absolute atomic E-state index is 12.9. The van der Waals surface area contributed by atoms with E-state index in [9.17, 15) is 8.78 Å². The van der Waals surface area contributed by atoms with E-state index in [4.69, 9.17) is 13.6 Å². The first-order chi connectivity index (χ1) is 8.17. The third-order valence-corrected chi connectivity index (χ3v) is 3.07. The molecule has 0 aliphatic heterocycles. The number of rotatable bonds is 7. The van der Waals surface area contributed by atoms with Gasteiger partial charge in [0.2, 0.25) is 0 Å². The van der Waals surface area contributed by atoms with Crippen LogP contribution in [-0.2, 0) is 20.2 Å². The molecule has 0 saturated heterocycles. The molecule has 6 heteroatoms. The molecule has 0 fully saturated rings. The van der Waals surface area contributed by atoms with Gasteiger partial charge in [0, 0.05) is 0 Å². The Hall–Kier alpha value is -0.610. The van der Waals surface area contributed by atoms with Crippen molar-refractivity contribution in [1.29, 1.82) is 0 Å². The van der Waals surface area contributed by atoms with Crippen LogP contribution in [-0.4, -0.2) is 13.2 Å². The number of hydrogen-bond donors (Lipinski definition) is 0. The van der Waals surface area contributed by atoms with Gasteiger partial charge in [-0.05, 0) is 31.5 Å². The van der Waals surface area contributed by atoms with E-state index in [-0.39, 0.29) is 6.61 Å². The van der Waals surface area contributed by atoms with Crippen LogP contribution in [0.3, 0.4) is 0 Å². The molecule has 1 rings (SSSR count). The lowest BCUT2D eigenvalue weighted by atomic mass is 10.2. The van der Waals surface area contributed by atoms with Crippen LogP contribution in [0.2, 0.25) is 0 Å². The van der Waals surface area contributed by atoms with Crippen molar-refractivity contribution in [3.05, 3.63) is 35.4 Å². The van der Waals surface area contributed by atoms with Crippen molar-refractivity contribution in [3.63, 3.8) is 0 Å². The van der Waals surface area contributed by atoms with E-state index in [1.54, 1.807) is 0 Å². The molecule has 17 heavy (non-hydrogen) atoms. The molecular weight excluding hydrogens is 249 g/mol. The highest BCUT2D eigenvalue weighted by molar-refractivity contribution is 7.41. The van der Waals surface area contributed by atoms with E-state index in [2.05, 4.69) is 0 Å². The third kappa shape index (κ3) is 5.04. The molecule has 0 aliphatic rings. The molecule has 96 valence electrons. The predicted molar refractivity (Wildman–Crippen MR) is 61.3 cm³/mol. The van der Waals surface area contributed by atoms with Gasteiger partial charge in [-0.3, -0.25) is 0 Å². The lowest BCUT2D eigenvalue weighted by Crippen LogP contribution is -1.97. The highest BCUT2D eigenvalue weighted by atomic mass is 31.2. The van der Waals surface area contributed by atoms with Crippen molar-refractivity contribution in [2.45, 2.75) is 20.5 Å². The molecule has 0 heterocycles. The molecule has 0 radical (unpaired) electrons. The van der Waals surface area contributed by atoms with Crippen LogP contribution in [0, 0.1) is 11.6 Å². The quantitative estimate of drug-likeness (QED) is 0.701. The second-order valence-electron chi connectivity index (χ2n) is 3.08. The van der Waals surface area contributed by atoms with Gasteiger partial charge in [-0.2, -0.15) is 0 Å². The number of benzene rings is 1. The summed E-state index contributed by atoms with van der Waals surface area (Å²) in [5.41, 5.74) is 0.538. The molecule has 0 N–H and O–H groups in total. The third-order valence-electron chi connectivity index (χ3n) is 1.79. The second-order valence-corrected chi connectivity index (χ2v) is 4.30. The minimum Gasteiger partial charge on any atom is -0.313 e. The molecule has 0 atom stereocenters. The summed E-state index contributed by atoms with van der Waals surface area (Å²) < 4.78 is 41.3. The fourth-order valence-electron chi connectivity index (χ4n) is 1.08. The average molecular weight is 264 g/mol. The van der Waals surface area contributed by atoms with Crippen LogP contribution in [0.15, 0.2) is 18.2 Å². The molecule has 0 unspecified atom stereocenters. The van der Waals surface area contributed by atoms with Crippen LogP contribution in [0.5, 0.6) is 0 Å². The van der Waals surface area contributed by atoms with Crippen LogP contribution < -0.4 is 0 Å². The van der Waals surface area contributed by atoms with E-state index < -0.39 is 20.2 Å². The summed E-state index contributed by atoms with van der Waals surface area (Å²) in [5.74, 6) is -1.76. The highest BCUT2D eigenvalue weighted by Crippen LogP contribution is 2.40. The second kappa shape index (κ2) is 7.67. The molecule has 0 aliphatic carbocycles. The lowest BCUT2D eigenvalue weighted by Gasteiger charge is -2.14. The molecule has 0 saturated carbocycles. The zero-order chi connectivity index (χ0) is 12.7. The molecule has 1 aromatic rings. The van der Waals surface area contributed by atoms with Crippen LogP contribution >= 0.6 is 8.60 Å². The van der Waals surface area contributed by atoms with Gasteiger partial charge in [0.25, 0.3) is 0 Å². The van der Waals surface area contributed by atoms with Crippen molar-refractivity contribution < 1.29 is 22.4 Å². The Bertz CT molecular complexity index is 343. The van der Waals surface area contributed by atoms with E-state index in [0.717, 1.165) is 12.1 Å². The Balaban J connectivity index is 2.49. The maximum Gasteiger partial charge on any atom is 0.332 e. The monoisotopic (exact) mass is 264 g/mol. The first-order valence-electron chi connectivity index (χ1n) is 5.30. The average Bonchev–Trinajstić information content (AvgIpc) is 2.31. The molecule has 1 aromatic carbocycles. The van der Waals surface area contributed by atoms with Crippen molar-refractivity contribution >= 4 is 8.60 Å². The van der Waals surface area contributed by atoms with Gasteiger partial charge in [0.1, 0.15) is 0 Å². The summed E-state index contributed by atoms with van der Waals surface area (Å²) in [6.45, 7) is 4.74. The van der Waals surface area contributed by atoms with E-state index in [1.165, 1.54) is 6.07 Å². The molecule has 3 nitrogen and oxygen atoms in total. The first-order valence-corrected chi connectivity index (χ1v) is 6.39. The Morgan fingerprint density at radius 2 is 1.65 bits per heavy atom. The van der Waals surface area contributed by atoms with Crippen LogP contribution in [0.1, 0.15) is 19.4 Å². The van der Waals surface area contributed by atoms with E-state index in [1.807, 2.05) is 13.8 Å². The molecule has 0 aromatic heterocycles. The SMILES string of the molecule is CCOP(OCC)OCc1ccc(F)c(F)c1. The summed E-state index contributed by atoms with van der Waals surface area (Å²) in [6.07, 6.45) is 0. The van der Waals surface area contributed by atoms with Gasteiger partial charge in [-0.25, -0.2) is 8.78 Å². The molecule has 0 spiro atoms. The highest BCUT2D eigenvalue weighted by Gasteiger charge is 2.11. The summed E-state index contributed by atoms with van der Waals surface area (Å²) in [5, 5.41) is 0. The molecular formula is C11H15F2O3P. The maximum atomic E-state index is 12.9. The summed E-state index contributed by atoms with van der Waals surface area (Å²) >= 11 is 0. The van der Waals surface area contributed by atoms with Gasteiger partial charge < -0.3 is 13.6 Å². The fraction of sp³-hybridized carbons (Fsp3) is 0.455. The van der Waals surface area contributed by atoms with Crippen LogP contribution in [0.4, 0.5) is 8.78 Å². The number of halogens is 2. The normalized spacial score (nSPS) is 11.1. The van der Waals surface area contributed by atoms with Gasteiger partial charge >= 0.3 is 8.60 Å².